The van der Waals surface area contributed by atoms with Crippen molar-refractivity contribution in [3.8, 4) is 5.75 Å². The molecule has 2 N–H and O–H groups in total. The number of aromatic nitrogens is 1. The number of halogens is 1. The summed E-state index contributed by atoms with van der Waals surface area (Å²) in [5, 5.41) is 3.93. The Morgan fingerprint density at radius 2 is 2.08 bits per heavy atom. The van der Waals surface area contributed by atoms with E-state index >= 15 is 0 Å². The van der Waals surface area contributed by atoms with Crippen LogP contribution in [0.2, 0.25) is 0 Å². The Labute approximate surface area is 151 Å². The van der Waals surface area contributed by atoms with E-state index in [4.69, 9.17) is 4.74 Å². The van der Waals surface area contributed by atoms with Gasteiger partial charge >= 0.3 is 0 Å². The second-order valence-electron chi connectivity index (χ2n) is 6.76. The topological polar surface area (TPSA) is 54.1 Å². The SMILES string of the molecule is O=C(NCCc1c[nH]c2cc(F)ccc12)c1ccccc1OCC1CC1. The Bertz CT molecular complexity index is 931. The molecule has 1 saturated carbocycles. The molecule has 0 unspecified atom stereocenters. The number of nitrogens with one attached hydrogen (secondary N) is 2. The third-order valence-corrected chi connectivity index (χ3v) is 4.71. The van der Waals surface area contributed by atoms with Gasteiger partial charge in [-0.2, -0.15) is 0 Å². The van der Waals surface area contributed by atoms with Crippen LogP contribution in [0.1, 0.15) is 28.8 Å². The number of fused-ring (bicyclic) bond motifs is 1. The van der Waals surface area contributed by atoms with Gasteiger partial charge in [0.15, 0.2) is 0 Å². The lowest BCUT2D eigenvalue weighted by Crippen LogP contribution is -2.26. The number of aromatic amines is 1. The Morgan fingerprint density at radius 1 is 1.23 bits per heavy atom. The summed E-state index contributed by atoms with van der Waals surface area (Å²) in [6.45, 7) is 1.18. The van der Waals surface area contributed by atoms with Crippen molar-refractivity contribution in [1.29, 1.82) is 0 Å². The second kappa shape index (κ2) is 7.20. The van der Waals surface area contributed by atoms with Crippen molar-refractivity contribution in [2.45, 2.75) is 19.3 Å². The summed E-state index contributed by atoms with van der Waals surface area (Å²) in [6.07, 6.45) is 4.96. The quantitative estimate of drug-likeness (QED) is 0.673. The van der Waals surface area contributed by atoms with Crippen LogP contribution in [0.5, 0.6) is 5.75 Å². The lowest BCUT2D eigenvalue weighted by molar-refractivity contribution is 0.0950. The highest BCUT2D eigenvalue weighted by Gasteiger charge is 2.23. The van der Waals surface area contributed by atoms with Gasteiger partial charge in [0, 0.05) is 23.6 Å². The van der Waals surface area contributed by atoms with Crippen LogP contribution in [0.3, 0.4) is 0 Å². The van der Waals surface area contributed by atoms with Gasteiger partial charge in [0.05, 0.1) is 12.2 Å². The van der Waals surface area contributed by atoms with E-state index in [-0.39, 0.29) is 11.7 Å². The van der Waals surface area contributed by atoms with Crippen LogP contribution in [0.15, 0.2) is 48.7 Å². The smallest absolute Gasteiger partial charge is 0.255 e. The normalized spacial score (nSPS) is 13.7. The number of ether oxygens (including phenoxy) is 1. The Hall–Kier alpha value is -2.82. The number of H-pyrrole nitrogens is 1. The number of para-hydroxylation sites is 1. The molecule has 0 aliphatic heterocycles. The molecule has 1 fully saturated rings. The van der Waals surface area contributed by atoms with Crippen LogP contribution in [-0.4, -0.2) is 24.0 Å². The number of amides is 1. The van der Waals surface area contributed by atoms with E-state index in [1.54, 1.807) is 12.1 Å². The zero-order valence-electron chi connectivity index (χ0n) is 14.4. The Balaban J connectivity index is 1.37. The van der Waals surface area contributed by atoms with Crippen molar-refractivity contribution in [3.63, 3.8) is 0 Å². The molecule has 0 bridgehead atoms. The van der Waals surface area contributed by atoms with Gasteiger partial charge in [0.25, 0.3) is 5.91 Å². The van der Waals surface area contributed by atoms with Gasteiger partial charge < -0.3 is 15.0 Å². The molecule has 5 heteroatoms. The fourth-order valence-corrected chi connectivity index (χ4v) is 3.04. The van der Waals surface area contributed by atoms with Gasteiger partial charge in [-0.25, -0.2) is 4.39 Å². The van der Waals surface area contributed by atoms with Gasteiger partial charge in [-0.1, -0.05) is 12.1 Å². The van der Waals surface area contributed by atoms with Crippen LogP contribution in [-0.2, 0) is 6.42 Å². The molecule has 26 heavy (non-hydrogen) atoms. The number of benzene rings is 2. The lowest BCUT2D eigenvalue weighted by Gasteiger charge is -2.11. The minimum Gasteiger partial charge on any atom is -0.492 e. The van der Waals surface area contributed by atoms with E-state index in [2.05, 4.69) is 10.3 Å². The molecule has 0 radical (unpaired) electrons. The molecule has 4 rings (SSSR count). The summed E-state index contributed by atoms with van der Waals surface area (Å²) < 4.78 is 19.1. The van der Waals surface area contributed by atoms with Crippen LogP contribution in [0.25, 0.3) is 10.9 Å². The number of carbonyl (C=O) groups excluding carboxylic acids is 1. The fourth-order valence-electron chi connectivity index (χ4n) is 3.04. The fraction of sp³-hybridized carbons (Fsp3) is 0.286. The van der Waals surface area contributed by atoms with Crippen molar-refractivity contribution in [3.05, 3.63) is 65.6 Å². The first-order valence-electron chi connectivity index (χ1n) is 8.96. The highest BCUT2D eigenvalue weighted by molar-refractivity contribution is 5.97. The number of hydrogen-bond donors (Lipinski definition) is 2. The molecular weight excluding hydrogens is 331 g/mol. The van der Waals surface area contributed by atoms with E-state index < -0.39 is 0 Å². The van der Waals surface area contributed by atoms with Crippen molar-refractivity contribution >= 4 is 16.8 Å². The molecule has 4 nitrogen and oxygen atoms in total. The van der Waals surface area contributed by atoms with Crippen molar-refractivity contribution in [2.75, 3.05) is 13.2 Å². The van der Waals surface area contributed by atoms with E-state index in [9.17, 15) is 9.18 Å². The average Bonchev–Trinajstić information content (AvgIpc) is 3.40. The Morgan fingerprint density at radius 3 is 2.92 bits per heavy atom. The van der Waals surface area contributed by atoms with Crippen molar-refractivity contribution in [2.24, 2.45) is 5.92 Å². The largest absolute Gasteiger partial charge is 0.492 e. The van der Waals surface area contributed by atoms with Crippen molar-refractivity contribution < 1.29 is 13.9 Å². The maximum atomic E-state index is 13.3. The molecule has 1 aliphatic rings. The van der Waals surface area contributed by atoms with E-state index in [0.29, 0.717) is 36.8 Å². The molecule has 0 atom stereocenters. The molecule has 3 aromatic rings. The third kappa shape index (κ3) is 3.72. The summed E-state index contributed by atoms with van der Waals surface area (Å²) in [4.78, 5) is 15.6. The molecule has 134 valence electrons. The van der Waals surface area contributed by atoms with E-state index in [1.807, 2.05) is 24.4 Å². The average molecular weight is 352 g/mol. The second-order valence-corrected chi connectivity index (χ2v) is 6.76. The first kappa shape index (κ1) is 16.6. The number of hydrogen-bond acceptors (Lipinski definition) is 2. The zero-order valence-corrected chi connectivity index (χ0v) is 14.4. The van der Waals surface area contributed by atoms with Crippen LogP contribution < -0.4 is 10.1 Å². The Kier molecular flexibility index (Phi) is 4.61. The van der Waals surface area contributed by atoms with E-state index in [1.165, 1.54) is 25.0 Å². The third-order valence-electron chi connectivity index (χ3n) is 4.71. The summed E-state index contributed by atoms with van der Waals surface area (Å²) in [6, 6.07) is 12.0. The van der Waals surface area contributed by atoms with Gasteiger partial charge in [-0.15, -0.1) is 0 Å². The van der Waals surface area contributed by atoms with Gasteiger partial charge in [-0.05, 0) is 61.1 Å². The van der Waals surface area contributed by atoms with Crippen LogP contribution >= 0.6 is 0 Å². The zero-order chi connectivity index (χ0) is 17.9. The highest BCUT2D eigenvalue weighted by Crippen LogP contribution is 2.30. The maximum absolute atomic E-state index is 13.3. The summed E-state index contributed by atoms with van der Waals surface area (Å²) in [7, 11) is 0. The first-order valence-corrected chi connectivity index (χ1v) is 8.96. The molecule has 0 spiro atoms. The van der Waals surface area contributed by atoms with Gasteiger partial charge in [-0.3, -0.25) is 4.79 Å². The highest BCUT2D eigenvalue weighted by atomic mass is 19.1. The van der Waals surface area contributed by atoms with E-state index in [0.717, 1.165) is 16.5 Å². The van der Waals surface area contributed by atoms with Gasteiger partial charge in [0.1, 0.15) is 11.6 Å². The van der Waals surface area contributed by atoms with Crippen molar-refractivity contribution in [1.82, 2.24) is 10.3 Å². The minimum atomic E-state index is -0.262. The molecule has 1 heterocycles. The molecule has 0 saturated heterocycles. The minimum absolute atomic E-state index is 0.137. The molecule has 1 aliphatic carbocycles. The molecular formula is C21H21FN2O2. The predicted octanol–water partition coefficient (Wildman–Crippen LogP) is 4.07. The van der Waals surface area contributed by atoms with Gasteiger partial charge in [0.2, 0.25) is 0 Å². The summed E-state index contributed by atoms with van der Waals surface area (Å²) in [5.74, 6) is 0.876. The monoisotopic (exact) mass is 352 g/mol. The lowest BCUT2D eigenvalue weighted by atomic mass is 10.1. The molecule has 1 amide bonds. The number of carbonyl (C=O) groups is 1. The maximum Gasteiger partial charge on any atom is 0.255 e. The molecule has 1 aromatic heterocycles. The predicted molar refractivity (Wildman–Crippen MR) is 99.0 cm³/mol. The summed E-state index contributed by atoms with van der Waals surface area (Å²) >= 11 is 0. The van der Waals surface area contributed by atoms with Crippen LogP contribution in [0.4, 0.5) is 4.39 Å². The van der Waals surface area contributed by atoms with Crippen LogP contribution in [0, 0.1) is 11.7 Å². The summed E-state index contributed by atoms with van der Waals surface area (Å²) in [5.41, 5.74) is 2.39. The first-order chi connectivity index (χ1) is 12.7. The number of rotatable bonds is 7. The molecule has 2 aromatic carbocycles. The standard InChI is InChI=1S/C21H21FN2O2/c22-16-7-8-17-15(12-24-19(17)11-16)9-10-23-21(25)18-3-1-2-4-20(18)26-13-14-5-6-14/h1-4,7-8,11-12,14,24H,5-6,9-10,13H2,(H,23,25).